The summed E-state index contributed by atoms with van der Waals surface area (Å²) in [6, 6.07) is 49.2. The van der Waals surface area contributed by atoms with E-state index in [4.69, 9.17) is 20.3 Å². The Morgan fingerprint density at radius 3 is 1.67 bits per heavy atom. The lowest BCUT2D eigenvalue weighted by molar-refractivity contribution is 0.359. The predicted molar refractivity (Wildman–Crippen MR) is 180 cm³/mol. The zero-order valence-electron chi connectivity index (χ0n) is 24.3. The van der Waals surface area contributed by atoms with Crippen LogP contribution in [0.1, 0.15) is 33.4 Å². The van der Waals surface area contributed by atoms with Gasteiger partial charge in [0.25, 0.3) is 0 Å². The van der Waals surface area contributed by atoms with Crippen LogP contribution in [0.15, 0.2) is 158 Å². The van der Waals surface area contributed by atoms with Gasteiger partial charge in [0, 0.05) is 5.56 Å². The molecular formula is C41H28N2O2. The molecule has 8 rings (SSSR count). The van der Waals surface area contributed by atoms with Crippen LogP contribution in [0.3, 0.4) is 0 Å². The van der Waals surface area contributed by atoms with E-state index in [9.17, 15) is 0 Å². The smallest absolute Gasteiger partial charge is 0.170 e. The molecule has 0 aromatic heterocycles. The first-order valence-electron chi connectivity index (χ1n) is 14.9. The van der Waals surface area contributed by atoms with Gasteiger partial charge in [-0.05, 0) is 81.4 Å². The van der Waals surface area contributed by atoms with Gasteiger partial charge in [-0.2, -0.15) is 0 Å². The average Bonchev–Trinajstić information content (AvgIpc) is 3.39. The van der Waals surface area contributed by atoms with Crippen molar-refractivity contribution < 1.29 is 9.47 Å². The molecule has 0 spiro atoms. The number of hydrogen-bond acceptors (Lipinski definition) is 4. The second-order valence-corrected chi connectivity index (χ2v) is 11.3. The molecule has 2 aliphatic rings. The molecule has 4 heteroatoms. The fourth-order valence-corrected chi connectivity index (χ4v) is 6.66. The molecule has 0 fully saturated rings. The third kappa shape index (κ3) is 4.30. The van der Waals surface area contributed by atoms with E-state index in [2.05, 4.69) is 97.1 Å². The Morgan fingerprint density at radius 1 is 0.444 bits per heavy atom. The fourth-order valence-electron chi connectivity index (χ4n) is 6.66. The van der Waals surface area contributed by atoms with Crippen LogP contribution in [0.5, 0.6) is 23.0 Å². The van der Waals surface area contributed by atoms with Gasteiger partial charge >= 0.3 is 0 Å². The molecule has 0 unspecified atom stereocenters. The number of benzene rings is 6. The van der Waals surface area contributed by atoms with Gasteiger partial charge in [-0.15, -0.1) is 0 Å². The van der Waals surface area contributed by atoms with E-state index in [0.29, 0.717) is 34.3 Å². The molecule has 6 aromatic rings. The lowest BCUT2D eigenvalue weighted by atomic mass is 9.67. The van der Waals surface area contributed by atoms with Crippen molar-refractivity contribution in [1.29, 1.82) is 10.8 Å². The highest BCUT2D eigenvalue weighted by molar-refractivity contribution is 6.14. The Balaban J connectivity index is 1.19. The van der Waals surface area contributed by atoms with Crippen LogP contribution in [0.2, 0.25) is 0 Å². The highest BCUT2D eigenvalue weighted by Crippen LogP contribution is 2.59. The third-order valence-electron chi connectivity index (χ3n) is 8.72. The van der Waals surface area contributed by atoms with Crippen LogP contribution in [-0.2, 0) is 5.41 Å². The van der Waals surface area contributed by atoms with E-state index >= 15 is 0 Å². The van der Waals surface area contributed by atoms with E-state index in [1.165, 1.54) is 22.3 Å². The summed E-state index contributed by atoms with van der Waals surface area (Å²) in [5.41, 5.74) is 8.62. The number of allylic oxidation sites excluding steroid dienone is 2. The number of nitrogens with one attached hydrogen (secondary N) is 2. The molecule has 0 atom stereocenters. The van der Waals surface area contributed by atoms with Crippen LogP contribution >= 0.6 is 0 Å². The largest absolute Gasteiger partial charge is 0.450 e. The van der Waals surface area contributed by atoms with Crippen molar-refractivity contribution in [3.05, 3.63) is 191 Å². The second-order valence-electron chi connectivity index (χ2n) is 11.3. The van der Waals surface area contributed by atoms with E-state index in [1.54, 1.807) is 12.2 Å². The third-order valence-corrected chi connectivity index (χ3v) is 8.72. The summed E-state index contributed by atoms with van der Waals surface area (Å²) < 4.78 is 13.0. The summed E-state index contributed by atoms with van der Waals surface area (Å²) in [5, 5.41) is 17.0. The molecule has 1 aliphatic heterocycles. The lowest BCUT2D eigenvalue weighted by Crippen LogP contribution is -2.28. The normalized spacial score (nSPS) is 13.5. The maximum Gasteiger partial charge on any atom is 0.170 e. The first kappa shape index (κ1) is 26.6. The summed E-state index contributed by atoms with van der Waals surface area (Å²) in [6.45, 7) is 0. The maximum atomic E-state index is 8.66. The molecule has 1 heterocycles. The highest BCUT2D eigenvalue weighted by Gasteiger charge is 2.47. The predicted octanol–water partition coefficient (Wildman–Crippen LogP) is 9.94. The van der Waals surface area contributed by atoms with Crippen LogP contribution in [-0.4, -0.2) is 11.4 Å². The van der Waals surface area contributed by atoms with Gasteiger partial charge in [-0.25, -0.2) is 0 Å². The van der Waals surface area contributed by atoms with Crippen LogP contribution in [0.25, 0.3) is 11.1 Å². The summed E-state index contributed by atoms with van der Waals surface area (Å²) in [7, 11) is 0. The monoisotopic (exact) mass is 580 g/mol. The molecule has 1 aliphatic carbocycles. The SMILES string of the molecule is N=C(/C=C\C(=N)c1ccc2c(c1)Oc1cc3c(cc1O2)C(c1ccccc1)(c1ccccc1)c1ccccc1-3)c1ccccc1. The van der Waals surface area contributed by atoms with Crippen molar-refractivity contribution in [2.45, 2.75) is 5.41 Å². The molecule has 0 amide bonds. The van der Waals surface area contributed by atoms with Gasteiger partial charge in [0.1, 0.15) is 0 Å². The Morgan fingerprint density at radius 2 is 0.978 bits per heavy atom. The number of ether oxygens (including phenoxy) is 2. The van der Waals surface area contributed by atoms with E-state index in [-0.39, 0.29) is 5.71 Å². The summed E-state index contributed by atoms with van der Waals surface area (Å²) in [4.78, 5) is 0. The molecule has 0 saturated heterocycles. The Kier molecular flexibility index (Phi) is 6.28. The van der Waals surface area contributed by atoms with Gasteiger partial charge in [-0.3, -0.25) is 0 Å². The standard InChI is InChI=1S/C41H28N2O2/c42-35(27-12-4-1-5-13-27)21-22-36(43)28-20-23-37-38(24-28)45-39-25-32-31-18-10-11-19-33(31)41(29-14-6-2-7-15-29,30-16-8-3-9-17-30)34(32)26-40(39)44-37/h1-26,42-43H/b22-21-,42-35?,43-36?. The Hall–Kier alpha value is -6.00. The van der Waals surface area contributed by atoms with Gasteiger partial charge in [0.2, 0.25) is 0 Å². The summed E-state index contributed by atoms with van der Waals surface area (Å²) >= 11 is 0. The molecule has 6 aromatic carbocycles. The van der Waals surface area contributed by atoms with Crippen LogP contribution < -0.4 is 9.47 Å². The fraction of sp³-hybridized carbons (Fsp3) is 0.0244. The summed E-state index contributed by atoms with van der Waals surface area (Å²) in [6.07, 6.45) is 3.29. The lowest BCUT2D eigenvalue weighted by Gasteiger charge is -2.34. The molecule has 214 valence electrons. The number of hydrogen-bond donors (Lipinski definition) is 2. The Bertz CT molecular complexity index is 2090. The highest BCUT2D eigenvalue weighted by atomic mass is 16.6. The van der Waals surface area contributed by atoms with Gasteiger partial charge in [0.15, 0.2) is 23.0 Å². The molecule has 2 N–H and O–H groups in total. The minimum atomic E-state index is -0.522. The quantitative estimate of drug-likeness (QED) is 0.192. The number of fused-ring (bicyclic) bond motifs is 5. The van der Waals surface area contributed by atoms with E-state index in [0.717, 1.165) is 16.7 Å². The molecule has 45 heavy (non-hydrogen) atoms. The minimum Gasteiger partial charge on any atom is -0.450 e. The molecule has 0 radical (unpaired) electrons. The zero-order valence-corrected chi connectivity index (χ0v) is 24.3. The van der Waals surface area contributed by atoms with Crippen molar-refractivity contribution in [2.75, 3.05) is 0 Å². The van der Waals surface area contributed by atoms with Gasteiger partial charge in [0.05, 0.1) is 16.8 Å². The van der Waals surface area contributed by atoms with Crippen molar-refractivity contribution >= 4 is 11.4 Å². The van der Waals surface area contributed by atoms with Crippen LogP contribution in [0, 0.1) is 10.8 Å². The molecule has 0 bridgehead atoms. The Labute approximate surface area is 261 Å². The second kappa shape index (κ2) is 10.6. The van der Waals surface area contributed by atoms with Gasteiger partial charge in [-0.1, -0.05) is 115 Å². The first-order valence-corrected chi connectivity index (χ1v) is 14.9. The van der Waals surface area contributed by atoms with Crippen molar-refractivity contribution in [1.82, 2.24) is 0 Å². The van der Waals surface area contributed by atoms with Crippen molar-refractivity contribution in [2.24, 2.45) is 0 Å². The van der Waals surface area contributed by atoms with E-state index in [1.807, 2.05) is 48.5 Å². The zero-order chi connectivity index (χ0) is 30.4. The van der Waals surface area contributed by atoms with Crippen LogP contribution in [0.4, 0.5) is 0 Å². The summed E-state index contributed by atoms with van der Waals surface area (Å²) in [5.74, 6) is 2.45. The van der Waals surface area contributed by atoms with E-state index < -0.39 is 5.41 Å². The maximum absolute atomic E-state index is 8.66. The average molecular weight is 581 g/mol. The molecule has 0 saturated carbocycles. The molecule has 4 nitrogen and oxygen atoms in total. The van der Waals surface area contributed by atoms with Crippen molar-refractivity contribution in [3.63, 3.8) is 0 Å². The first-order chi connectivity index (χ1) is 22.1. The number of rotatable bonds is 6. The van der Waals surface area contributed by atoms with Crippen molar-refractivity contribution in [3.8, 4) is 34.1 Å². The van der Waals surface area contributed by atoms with Gasteiger partial charge < -0.3 is 20.3 Å². The molecular weight excluding hydrogens is 552 g/mol. The topological polar surface area (TPSA) is 66.2 Å². The minimum absolute atomic E-state index is 0.284.